The number of fused-ring (bicyclic) bond motifs is 1. The minimum Gasteiger partial charge on any atom is -0.382 e. The molecule has 1 unspecified atom stereocenters. The zero-order valence-electron chi connectivity index (χ0n) is 26.4. The summed E-state index contributed by atoms with van der Waals surface area (Å²) in [6.45, 7) is 5.26. The van der Waals surface area contributed by atoms with Crippen molar-refractivity contribution in [2.24, 2.45) is 11.8 Å². The lowest BCUT2D eigenvalue weighted by Crippen LogP contribution is -2.60. The van der Waals surface area contributed by atoms with Crippen molar-refractivity contribution in [2.75, 3.05) is 35.6 Å². The molecule has 47 heavy (non-hydrogen) atoms. The van der Waals surface area contributed by atoms with Crippen LogP contribution in [-0.2, 0) is 14.4 Å². The number of aromatic nitrogens is 4. The molecule has 0 bridgehead atoms. The van der Waals surface area contributed by atoms with Gasteiger partial charge in [-0.25, -0.2) is 24.2 Å². The average molecular weight is 636 g/mol. The second kappa shape index (κ2) is 12.1. The normalized spacial score (nSPS) is 19.1. The Hall–Kier alpha value is -5.33. The fraction of sp³-hybridized carbons (Fsp3) is 0.382. The zero-order chi connectivity index (χ0) is 32.8. The maximum atomic E-state index is 13.5. The molecule has 2 aliphatic heterocycles. The van der Waals surface area contributed by atoms with Crippen LogP contribution in [0.4, 0.5) is 22.1 Å². The Morgan fingerprint density at radius 3 is 2.38 bits per heavy atom. The number of hydrogen-bond acceptors (Lipinski definition) is 8. The molecule has 1 atom stereocenters. The van der Waals surface area contributed by atoms with Gasteiger partial charge in [-0.05, 0) is 61.6 Å². The molecular formula is C34H37N9O4. The Morgan fingerprint density at radius 1 is 0.979 bits per heavy atom. The lowest BCUT2D eigenvalue weighted by atomic mass is 9.92. The molecule has 2 saturated heterocycles. The summed E-state index contributed by atoms with van der Waals surface area (Å²) in [4.78, 5) is 65.8. The van der Waals surface area contributed by atoms with Crippen LogP contribution < -0.4 is 16.0 Å². The van der Waals surface area contributed by atoms with Gasteiger partial charge in [0.25, 0.3) is 5.91 Å². The van der Waals surface area contributed by atoms with Gasteiger partial charge < -0.3 is 20.9 Å². The molecule has 242 valence electrons. The number of nitrogen functional groups attached to an aromatic ring is 1. The van der Waals surface area contributed by atoms with E-state index in [1.165, 1.54) is 12.5 Å². The smallest absolute Gasteiger partial charge is 0.332 e. The lowest BCUT2D eigenvalue weighted by molar-refractivity contribution is -0.135. The molecule has 1 aliphatic carbocycles. The van der Waals surface area contributed by atoms with E-state index in [2.05, 4.69) is 26.4 Å². The van der Waals surface area contributed by atoms with Crippen LogP contribution in [-0.4, -0.2) is 78.8 Å². The number of likely N-dealkylation sites (tertiary alicyclic amines) is 1. The summed E-state index contributed by atoms with van der Waals surface area (Å²) in [5.74, 6) is -1.26. The van der Waals surface area contributed by atoms with Crippen molar-refractivity contribution in [2.45, 2.75) is 51.5 Å². The Morgan fingerprint density at radius 2 is 1.72 bits per heavy atom. The zero-order valence-corrected chi connectivity index (χ0v) is 26.4. The third-order valence-corrected chi connectivity index (χ3v) is 9.31. The number of pyridine rings is 1. The first-order valence-corrected chi connectivity index (χ1v) is 16.1. The first-order chi connectivity index (χ1) is 22.7. The van der Waals surface area contributed by atoms with Gasteiger partial charge in [0.2, 0.25) is 11.8 Å². The number of imide groups is 1. The van der Waals surface area contributed by atoms with E-state index >= 15 is 0 Å². The van der Waals surface area contributed by atoms with Crippen LogP contribution >= 0.6 is 0 Å². The molecule has 13 heteroatoms. The average Bonchev–Trinajstić information content (AvgIpc) is 3.85. The van der Waals surface area contributed by atoms with Gasteiger partial charge in [0, 0.05) is 60.7 Å². The van der Waals surface area contributed by atoms with Gasteiger partial charge in [-0.3, -0.25) is 14.4 Å². The predicted molar refractivity (Wildman–Crippen MR) is 175 cm³/mol. The van der Waals surface area contributed by atoms with E-state index < -0.39 is 23.8 Å². The van der Waals surface area contributed by atoms with Gasteiger partial charge in [-0.1, -0.05) is 32.0 Å². The van der Waals surface area contributed by atoms with Crippen LogP contribution in [0, 0.1) is 11.8 Å². The molecule has 0 radical (unpaired) electrons. The van der Waals surface area contributed by atoms with Crippen molar-refractivity contribution in [1.29, 1.82) is 0 Å². The van der Waals surface area contributed by atoms with E-state index in [0.29, 0.717) is 30.1 Å². The van der Waals surface area contributed by atoms with Gasteiger partial charge in [0.15, 0.2) is 5.82 Å². The second-order valence-electron chi connectivity index (χ2n) is 12.8. The first kappa shape index (κ1) is 30.3. The van der Waals surface area contributed by atoms with E-state index in [4.69, 9.17) is 5.73 Å². The highest BCUT2D eigenvalue weighted by Crippen LogP contribution is 2.38. The maximum Gasteiger partial charge on any atom is 0.332 e. The lowest BCUT2D eigenvalue weighted by Gasteiger charge is -2.37. The number of hydrogen-bond donors (Lipinski definition) is 2. The number of nitrogens with zero attached hydrogens (tertiary/aromatic N) is 7. The predicted octanol–water partition coefficient (Wildman–Crippen LogP) is 3.92. The van der Waals surface area contributed by atoms with Crippen molar-refractivity contribution in [3.05, 3.63) is 66.7 Å². The number of nitrogens with one attached hydrogen (secondary N) is 1. The molecule has 1 aromatic carbocycles. The molecule has 3 fully saturated rings. The Kier molecular flexibility index (Phi) is 7.82. The summed E-state index contributed by atoms with van der Waals surface area (Å²) < 4.78 is 1.85. The fourth-order valence-corrected chi connectivity index (χ4v) is 6.64. The number of nitrogens with two attached hydrogens (primary N) is 1. The third-order valence-electron chi connectivity index (χ3n) is 9.31. The van der Waals surface area contributed by atoms with Crippen LogP contribution in [0.5, 0.6) is 0 Å². The molecule has 3 aliphatic rings. The highest BCUT2D eigenvalue weighted by molar-refractivity contribution is 6.23. The molecule has 4 aromatic rings. The summed E-state index contributed by atoms with van der Waals surface area (Å²) in [5, 5.41) is 7.42. The number of amides is 5. The number of piperidine rings is 1. The standard InChI is InChI=1S/C34H37N9O4/c1-20(2)32(45)40-15-12-22(13-16-40)27-17-25(29-30(35)37-19-38-43(27)29)21-6-8-23(9-7-21)39-31(44)26-18-41(24-10-11-24)34(47)42(33(26)46)28-5-3-4-14-36-28/h3-9,14,17,19-20,22,24,26H,10-13,15-16,18H2,1-2H3,(H,39,44)(H2,35,37,38). The molecule has 5 heterocycles. The summed E-state index contributed by atoms with van der Waals surface area (Å²) in [5.41, 5.74) is 10.3. The number of carbonyl (C=O) groups is 4. The minimum atomic E-state index is -1.08. The second-order valence-corrected chi connectivity index (χ2v) is 12.8. The number of carbonyl (C=O) groups excluding carboxylic acids is 4. The summed E-state index contributed by atoms with van der Waals surface area (Å²) in [6.07, 6.45) is 6.29. The number of anilines is 3. The van der Waals surface area contributed by atoms with Crippen molar-refractivity contribution in [1.82, 2.24) is 29.4 Å². The molecule has 7 rings (SSSR count). The van der Waals surface area contributed by atoms with E-state index in [1.807, 2.05) is 35.4 Å². The molecule has 13 nitrogen and oxygen atoms in total. The fourth-order valence-electron chi connectivity index (χ4n) is 6.64. The van der Waals surface area contributed by atoms with Crippen molar-refractivity contribution in [3.8, 4) is 11.1 Å². The van der Waals surface area contributed by atoms with Gasteiger partial charge >= 0.3 is 6.03 Å². The van der Waals surface area contributed by atoms with Crippen molar-refractivity contribution >= 4 is 46.6 Å². The highest BCUT2D eigenvalue weighted by atomic mass is 16.2. The Balaban J connectivity index is 1.11. The summed E-state index contributed by atoms with van der Waals surface area (Å²) in [6, 6.07) is 14.0. The highest BCUT2D eigenvalue weighted by Gasteiger charge is 2.48. The van der Waals surface area contributed by atoms with Crippen molar-refractivity contribution in [3.63, 3.8) is 0 Å². The molecule has 1 saturated carbocycles. The molecular weight excluding hydrogens is 598 g/mol. The largest absolute Gasteiger partial charge is 0.382 e. The Bertz CT molecular complexity index is 1840. The van der Waals surface area contributed by atoms with Crippen molar-refractivity contribution < 1.29 is 19.2 Å². The topological polar surface area (TPSA) is 159 Å². The molecule has 3 N–H and O–H groups in total. The summed E-state index contributed by atoms with van der Waals surface area (Å²) >= 11 is 0. The van der Waals surface area contributed by atoms with E-state index in [9.17, 15) is 19.2 Å². The van der Waals surface area contributed by atoms with Crippen LogP contribution in [0.25, 0.3) is 16.6 Å². The number of rotatable bonds is 7. The van der Waals surface area contributed by atoms with Crippen LogP contribution in [0.1, 0.15) is 51.1 Å². The summed E-state index contributed by atoms with van der Waals surface area (Å²) in [7, 11) is 0. The quantitative estimate of drug-likeness (QED) is 0.289. The number of benzene rings is 1. The molecule has 0 spiro atoms. The number of urea groups is 1. The van der Waals surface area contributed by atoms with Gasteiger partial charge in [0.1, 0.15) is 23.6 Å². The SMILES string of the molecule is CC(C)C(=O)N1CCC(c2cc(-c3ccc(NC(=O)C4CN(C5CC5)C(=O)N(c5ccccn5)C4=O)cc3)c3c(N)ncnn23)CC1. The van der Waals surface area contributed by atoms with Gasteiger partial charge in [-0.2, -0.15) is 5.10 Å². The van der Waals surface area contributed by atoms with Gasteiger partial charge in [0.05, 0.1) is 0 Å². The first-order valence-electron chi connectivity index (χ1n) is 16.1. The third kappa shape index (κ3) is 5.66. The van der Waals surface area contributed by atoms with E-state index in [-0.39, 0.29) is 36.1 Å². The van der Waals surface area contributed by atoms with E-state index in [0.717, 1.165) is 47.4 Å². The maximum absolute atomic E-state index is 13.5. The van der Waals surface area contributed by atoms with Gasteiger partial charge in [-0.15, -0.1) is 0 Å². The van der Waals surface area contributed by atoms with Crippen LogP contribution in [0.3, 0.4) is 0 Å². The van der Waals surface area contributed by atoms with E-state index in [1.54, 1.807) is 35.2 Å². The Labute approximate surface area is 271 Å². The molecule has 3 aromatic heterocycles. The van der Waals surface area contributed by atoms with Crippen LogP contribution in [0.15, 0.2) is 61.1 Å². The van der Waals surface area contributed by atoms with Crippen LogP contribution in [0.2, 0.25) is 0 Å². The minimum absolute atomic E-state index is 0.0185. The molecule has 5 amide bonds. The monoisotopic (exact) mass is 635 g/mol.